The number of hydrogen-bond acceptors (Lipinski definition) is 8. The van der Waals surface area contributed by atoms with E-state index in [-0.39, 0.29) is 18.3 Å². The van der Waals surface area contributed by atoms with E-state index in [0.717, 1.165) is 5.56 Å². The largest absolute Gasteiger partial charge is 0.493 e. The van der Waals surface area contributed by atoms with Gasteiger partial charge in [0, 0.05) is 18.9 Å². The van der Waals surface area contributed by atoms with Gasteiger partial charge < -0.3 is 24.2 Å². The SMILES string of the molecule is COc1ccc([C@H]2[C@H](CO)OCCN2C(=O)c2nc3ncccn3n2)cc1OC. The van der Waals surface area contributed by atoms with Crippen molar-refractivity contribution >= 4 is 11.7 Å². The molecule has 3 aromatic rings. The first-order valence-corrected chi connectivity index (χ1v) is 9.09. The van der Waals surface area contributed by atoms with E-state index in [2.05, 4.69) is 15.1 Å². The molecular weight excluding hydrogens is 378 g/mol. The van der Waals surface area contributed by atoms with Crippen LogP contribution in [0.3, 0.4) is 0 Å². The van der Waals surface area contributed by atoms with Crippen LogP contribution in [-0.4, -0.2) is 75.6 Å². The summed E-state index contributed by atoms with van der Waals surface area (Å²) in [6, 6.07) is 6.52. The van der Waals surface area contributed by atoms with Crippen molar-refractivity contribution in [2.45, 2.75) is 12.1 Å². The Morgan fingerprint density at radius 1 is 1.31 bits per heavy atom. The molecule has 3 heterocycles. The minimum Gasteiger partial charge on any atom is -0.493 e. The Balaban J connectivity index is 1.73. The molecular formula is C19H21N5O5. The highest BCUT2D eigenvalue weighted by atomic mass is 16.5. The molecule has 2 aromatic heterocycles. The fourth-order valence-electron chi connectivity index (χ4n) is 3.50. The van der Waals surface area contributed by atoms with Crippen molar-refractivity contribution in [1.29, 1.82) is 0 Å². The molecule has 1 saturated heterocycles. The van der Waals surface area contributed by atoms with Crippen LogP contribution in [0, 0.1) is 0 Å². The molecule has 0 saturated carbocycles. The number of benzene rings is 1. The van der Waals surface area contributed by atoms with Gasteiger partial charge in [0.15, 0.2) is 11.5 Å². The second-order valence-electron chi connectivity index (χ2n) is 6.45. The molecule has 1 fully saturated rings. The molecule has 4 rings (SSSR count). The number of methoxy groups -OCH3 is 2. The lowest BCUT2D eigenvalue weighted by molar-refractivity contribution is -0.0814. The summed E-state index contributed by atoms with van der Waals surface area (Å²) >= 11 is 0. The molecule has 0 unspecified atom stereocenters. The molecule has 0 bridgehead atoms. The third kappa shape index (κ3) is 3.47. The van der Waals surface area contributed by atoms with E-state index in [0.29, 0.717) is 30.4 Å². The van der Waals surface area contributed by atoms with Crippen molar-refractivity contribution in [3.63, 3.8) is 0 Å². The summed E-state index contributed by atoms with van der Waals surface area (Å²) in [5, 5.41) is 14.1. The summed E-state index contributed by atoms with van der Waals surface area (Å²) in [7, 11) is 3.09. The molecule has 0 aliphatic carbocycles. The minimum absolute atomic E-state index is 0.0350. The Morgan fingerprint density at radius 2 is 2.14 bits per heavy atom. The first kappa shape index (κ1) is 19.1. The third-order valence-electron chi connectivity index (χ3n) is 4.85. The lowest BCUT2D eigenvalue weighted by atomic mass is 9.97. The van der Waals surface area contributed by atoms with Gasteiger partial charge in [0.1, 0.15) is 6.10 Å². The van der Waals surface area contributed by atoms with E-state index in [1.54, 1.807) is 49.7 Å². The molecule has 152 valence electrons. The van der Waals surface area contributed by atoms with Gasteiger partial charge in [-0.05, 0) is 23.8 Å². The van der Waals surface area contributed by atoms with Crippen LogP contribution in [-0.2, 0) is 4.74 Å². The number of aromatic nitrogens is 4. The normalized spacial score (nSPS) is 19.3. The Labute approximate surface area is 166 Å². The quantitative estimate of drug-likeness (QED) is 0.668. The van der Waals surface area contributed by atoms with E-state index in [1.165, 1.54) is 4.52 Å². The number of carbonyl (C=O) groups is 1. The Morgan fingerprint density at radius 3 is 2.86 bits per heavy atom. The van der Waals surface area contributed by atoms with Crippen molar-refractivity contribution in [2.75, 3.05) is 34.0 Å². The van der Waals surface area contributed by atoms with Crippen LogP contribution in [0.25, 0.3) is 5.78 Å². The van der Waals surface area contributed by atoms with Crippen LogP contribution < -0.4 is 9.47 Å². The predicted molar refractivity (Wildman–Crippen MR) is 101 cm³/mol. The predicted octanol–water partition coefficient (Wildman–Crippen LogP) is 0.716. The molecule has 1 N–H and O–H groups in total. The lowest BCUT2D eigenvalue weighted by Crippen LogP contribution is -2.49. The van der Waals surface area contributed by atoms with Crippen LogP contribution in [0.1, 0.15) is 22.2 Å². The molecule has 29 heavy (non-hydrogen) atoms. The van der Waals surface area contributed by atoms with Gasteiger partial charge in [-0.25, -0.2) is 9.50 Å². The molecule has 1 aliphatic rings. The molecule has 0 radical (unpaired) electrons. The number of aliphatic hydroxyl groups excluding tert-OH is 1. The van der Waals surface area contributed by atoms with Crippen LogP contribution in [0.5, 0.6) is 11.5 Å². The fraction of sp³-hybridized carbons (Fsp3) is 0.368. The lowest BCUT2D eigenvalue weighted by Gasteiger charge is -2.40. The number of amides is 1. The number of morpholine rings is 1. The molecule has 2 atom stereocenters. The van der Waals surface area contributed by atoms with E-state index in [9.17, 15) is 9.90 Å². The fourth-order valence-corrected chi connectivity index (χ4v) is 3.50. The number of aliphatic hydroxyl groups is 1. The van der Waals surface area contributed by atoms with Gasteiger partial charge in [-0.2, -0.15) is 4.98 Å². The number of rotatable bonds is 5. The summed E-state index contributed by atoms with van der Waals surface area (Å²) in [4.78, 5) is 23.2. The Hall–Kier alpha value is -3.24. The maximum absolute atomic E-state index is 13.3. The molecule has 0 spiro atoms. The summed E-state index contributed by atoms with van der Waals surface area (Å²) in [6.45, 7) is 0.382. The summed E-state index contributed by atoms with van der Waals surface area (Å²) in [6.07, 6.45) is 2.66. The molecule has 1 amide bonds. The van der Waals surface area contributed by atoms with Crippen molar-refractivity contribution in [3.05, 3.63) is 48.0 Å². The average molecular weight is 399 g/mol. The number of nitrogens with zero attached hydrogens (tertiary/aromatic N) is 5. The van der Waals surface area contributed by atoms with Crippen LogP contribution in [0.2, 0.25) is 0 Å². The van der Waals surface area contributed by atoms with E-state index in [1.807, 2.05) is 6.07 Å². The topological polar surface area (TPSA) is 111 Å². The second kappa shape index (κ2) is 8.02. The van der Waals surface area contributed by atoms with Gasteiger partial charge in [-0.3, -0.25) is 4.79 Å². The maximum atomic E-state index is 13.3. The van der Waals surface area contributed by atoms with E-state index >= 15 is 0 Å². The summed E-state index contributed by atoms with van der Waals surface area (Å²) < 4.78 is 17.9. The molecule has 10 heteroatoms. The number of fused-ring (bicyclic) bond motifs is 1. The second-order valence-corrected chi connectivity index (χ2v) is 6.45. The van der Waals surface area contributed by atoms with Crippen molar-refractivity contribution in [2.24, 2.45) is 0 Å². The number of hydrogen-bond donors (Lipinski definition) is 1. The Bertz CT molecular complexity index is 990. The molecule has 1 aliphatic heterocycles. The smallest absolute Gasteiger partial charge is 0.294 e. The standard InChI is InChI=1S/C19H21N5O5/c1-27-13-5-4-12(10-14(13)28-2)16-15(11-25)29-9-8-23(16)18(26)17-21-19-20-6-3-7-24(19)22-17/h3-7,10,15-16,25H,8-9,11H2,1-2H3/t15-,16-/m0/s1. The van der Waals surface area contributed by atoms with E-state index < -0.39 is 12.1 Å². The van der Waals surface area contributed by atoms with Gasteiger partial charge in [-0.15, -0.1) is 5.10 Å². The van der Waals surface area contributed by atoms with Gasteiger partial charge in [0.2, 0.25) is 5.82 Å². The van der Waals surface area contributed by atoms with Gasteiger partial charge in [-0.1, -0.05) is 6.07 Å². The first-order chi connectivity index (χ1) is 14.2. The number of ether oxygens (including phenoxy) is 3. The minimum atomic E-state index is -0.596. The van der Waals surface area contributed by atoms with Crippen LogP contribution in [0.15, 0.2) is 36.7 Å². The zero-order valence-corrected chi connectivity index (χ0v) is 16.1. The molecule has 1 aromatic carbocycles. The van der Waals surface area contributed by atoms with Crippen LogP contribution >= 0.6 is 0 Å². The van der Waals surface area contributed by atoms with Crippen LogP contribution in [0.4, 0.5) is 0 Å². The highest BCUT2D eigenvalue weighted by Crippen LogP contribution is 2.36. The zero-order valence-electron chi connectivity index (χ0n) is 16.1. The van der Waals surface area contributed by atoms with E-state index in [4.69, 9.17) is 14.2 Å². The number of carbonyl (C=O) groups excluding carboxylic acids is 1. The monoisotopic (exact) mass is 399 g/mol. The first-order valence-electron chi connectivity index (χ1n) is 9.09. The highest BCUT2D eigenvalue weighted by molar-refractivity contribution is 5.91. The average Bonchev–Trinajstić information content (AvgIpc) is 3.21. The highest BCUT2D eigenvalue weighted by Gasteiger charge is 2.38. The van der Waals surface area contributed by atoms with Crippen molar-refractivity contribution in [1.82, 2.24) is 24.5 Å². The zero-order chi connectivity index (χ0) is 20.4. The Kier molecular flexibility index (Phi) is 5.28. The maximum Gasteiger partial charge on any atom is 0.294 e. The van der Waals surface area contributed by atoms with Crippen molar-refractivity contribution < 1.29 is 24.1 Å². The van der Waals surface area contributed by atoms with Gasteiger partial charge in [0.25, 0.3) is 11.7 Å². The van der Waals surface area contributed by atoms with Gasteiger partial charge in [0.05, 0.1) is 33.5 Å². The molecule has 10 nitrogen and oxygen atoms in total. The summed E-state index contributed by atoms with van der Waals surface area (Å²) in [5.41, 5.74) is 0.747. The third-order valence-corrected chi connectivity index (χ3v) is 4.85. The summed E-state index contributed by atoms with van der Waals surface area (Å²) in [5.74, 6) is 1.10. The van der Waals surface area contributed by atoms with Gasteiger partial charge >= 0.3 is 0 Å². The van der Waals surface area contributed by atoms with Crippen molar-refractivity contribution in [3.8, 4) is 11.5 Å².